The molecule has 0 radical (unpaired) electrons. The molecule has 4 nitrogen and oxygen atoms in total. The summed E-state index contributed by atoms with van der Waals surface area (Å²) in [5.41, 5.74) is -0.798. The van der Waals surface area contributed by atoms with E-state index in [2.05, 4.69) is 5.32 Å². The second-order valence-corrected chi connectivity index (χ2v) is 5.39. The van der Waals surface area contributed by atoms with Gasteiger partial charge in [0.05, 0.1) is 11.3 Å². The maximum atomic E-state index is 11.9. The number of aliphatic carboxylic acids is 1. The van der Waals surface area contributed by atoms with Crippen molar-refractivity contribution in [1.29, 1.82) is 0 Å². The smallest absolute Gasteiger partial charge is 0.310 e. The Hall–Kier alpha value is -1.06. The molecule has 1 amide bonds. The fourth-order valence-electron chi connectivity index (χ4n) is 2.58. The van der Waals surface area contributed by atoms with E-state index in [1.165, 1.54) is 6.42 Å². The van der Waals surface area contributed by atoms with Gasteiger partial charge in [-0.25, -0.2) is 0 Å². The van der Waals surface area contributed by atoms with Crippen LogP contribution in [0.1, 0.15) is 39.5 Å². The minimum atomic E-state index is -0.823. The van der Waals surface area contributed by atoms with Gasteiger partial charge >= 0.3 is 5.97 Å². The molecule has 0 aromatic carbocycles. The third kappa shape index (κ3) is 1.60. The summed E-state index contributed by atoms with van der Waals surface area (Å²) < 4.78 is 0. The minimum Gasteiger partial charge on any atom is -0.481 e. The van der Waals surface area contributed by atoms with Crippen molar-refractivity contribution in [2.24, 2.45) is 17.3 Å². The average Bonchev–Trinajstić information content (AvgIpc) is 2.86. The Bertz CT molecular complexity index is 322. The van der Waals surface area contributed by atoms with Crippen molar-refractivity contribution in [1.82, 2.24) is 5.32 Å². The first-order valence-electron chi connectivity index (χ1n) is 6.02. The van der Waals surface area contributed by atoms with Gasteiger partial charge in [-0.05, 0) is 31.6 Å². The van der Waals surface area contributed by atoms with Crippen LogP contribution < -0.4 is 5.32 Å². The van der Waals surface area contributed by atoms with E-state index in [0.717, 1.165) is 12.8 Å². The van der Waals surface area contributed by atoms with Gasteiger partial charge < -0.3 is 10.4 Å². The number of rotatable bonds is 4. The van der Waals surface area contributed by atoms with Crippen LogP contribution in [-0.2, 0) is 9.59 Å². The molecule has 16 heavy (non-hydrogen) atoms. The fraction of sp³-hybridized carbons (Fsp3) is 0.833. The van der Waals surface area contributed by atoms with Gasteiger partial charge in [0.2, 0.25) is 5.91 Å². The van der Waals surface area contributed by atoms with Gasteiger partial charge in [0.15, 0.2) is 0 Å². The quantitative estimate of drug-likeness (QED) is 0.760. The highest BCUT2D eigenvalue weighted by molar-refractivity contribution is 5.93. The SMILES string of the molecule is CC(C)C1(C(=O)O)CC1C(=O)NC1CCC1. The Morgan fingerprint density at radius 3 is 2.31 bits per heavy atom. The number of carbonyl (C=O) groups is 2. The van der Waals surface area contributed by atoms with Gasteiger partial charge in [-0.15, -0.1) is 0 Å². The second-order valence-electron chi connectivity index (χ2n) is 5.39. The molecule has 2 saturated carbocycles. The van der Waals surface area contributed by atoms with Crippen LogP contribution in [0.3, 0.4) is 0 Å². The summed E-state index contributed by atoms with van der Waals surface area (Å²) in [5.74, 6) is -1.18. The molecule has 2 unspecified atom stereocenters. The van der Waals surface area contributed by atoms with Gasteiger partial charge in [-0.3, -0.25) is 9.59 Å². The predicted molar refractivity (Wildman–Crippen MR) is 58.8 cm³/mol. The zero-order chi connectivity index (χ0) is 11.9. The zero-order valence-electron chi connectivity index (χ0n) is 9.82. The van der Waals surface area contributed by atoms with Crippen LogP contribution in [0.25, 0.3) is 0 Å². The number of carboxylic acids is 1. The van der Waals surface area contributed by atoms with E-state index in [1.807, 2.05) is 13.8 Å². The van der Waals surface area contributed by atoms with Crippen LogP contribution in [0, 0.1) is 17.3 Å². The average molecular weight is 225 g/mol. The Balaban J connectivity index is 1.96. The molecule has 0 saturated heterocycles. The van der Waals surface area contributed by atoms with Crippen LogP contribution >= 0.6 is 0 Å². The molecule has 0 aromatic heterocycles. The van der Waals surface area contributed by atoms with Gasteiger partial charge in [-0.2, -0.15) is 0 Å². The van der Waals surface area contributed by atoms with E-state index in [0.29, 0.717) is 12.5 Å². The third-order valence-corrected chi connectivity index (χ3v) is 4.20. The maximum absolute atomic E-state index is 11.9. The van der Waals surface area contributed by atoms with E-state index in [4.69, 9.17) is 0 Å². The molecule has 2 aliphatic carbocycles. The third-order valence-electron chi connectivity index (χ3n) is 4.20. The molecule has 90 valence electrons. The minimum absolute atomic E-state index is 0.0159. The summed E-state index contributed by atoms with van der Waals surface area (Å²) >= 11 is 0. The fourth-order valence-corrected chi connectivity index (χ4v) is 2.58. The Kier molecular flexibility index (Phi) is 2.68. The highest BCUT2D eigenvalue weighted by Gasteiger charge is 2.65. The summed E-state index contributed by atoms with van der Waals surface area (Å²) in [6, 6.07) is 0.298. The first-order valence-corrected chi connectivity index (χ1v) is 6.02. The molecule has 2 atom stereocenters. The van der Waals surface area contributed by atoms with E-state index < -0.39 is 11.4 Å². The Labute approximate surface area is 95.4 Å². The molecular formula is C12H19NO3. The van der Waals surface area contributed by atoms with Crippen LogP contribution in [0.5, 0.6) is 0 Å². The predicted octanol–water partition coefficient (Wildman–Crippen LogP) is 1.40. The number of carbonyl (C=O) groups excluding carboxylic acids is 1. The normalized spacial score (nSPS) is 33.3. The van der Waals surface area contributed by atoms with Gasteiger partial charge in [0.25, 0.3) is 0 Å². The van der Waals surface area contributed by atoms with Crippen LogP contribution in [-0.4, -0.2) is 23.0 Å². The lowest BCUT2D eigenvalue weighted by atomic mass is 9.89. The van der Waals surface area contributed by atoms with Crippen LogP contribution in [0.4, 0.5) is 0 Å². The number of hydrogen-bond donors (Lipinski definition) is 2. The van der Waals surface area contributed by atoms with Crippen molar-refractivity contribution in [2.75, 3.05) is 0 Å². The maximum Gasteiger partial charge on any atom is 0.310 e. The van der Waals surface area contributed by atoms with Crippen LogP contribution in [0.2, 0.25) is 0 Å². The molecular weight excluding hydrogens is 206 g/mol. The summed E-state index contributed by atoms with van der Waals surface area (Å²) in [6.45, 7) is 3.76. The van der Waals surface area contributed by atoms with Crippen molar-refractivity contribution < 1.29 is 14.7 Å². The molecule has 2 aliphatic rings. The largest absolute Gasteiger partial charge is 0.481 e. The first-order chi connectivity index (χ1) is 7.48. The van der Waals surface area contributed by atoms with Crippen molar-refractivity contribution in [3.63, 3.8) is 0 Å². The van der Waals surface area contributed by atoms with Gasteiger partial charge in [0.1, 0.15) is 0 Å². The zero-order valence-corrected chi connectivity index (χ0v) is 9.82. The molecule has 0 aromatic rings. The number of hydrogen-bond acceptors (Lipinski definition) is 2. The van der Waals surface area contributed by atoms with Gasteiger partial charge in [-0.1, -0.05) is 13.8 Å². The molecule has 2 fully saturated rings. The van der Waals surface area contributed by atoms with Crippen molar-refractivity contribution in [3.8, 4) is 0 Å². The Morgan fingerprint density at radius 2 is 2.00 bits per heavy atom. The standard InChI is InChI=1S/C12H19NO3/c1-7(2)12(11(15)16)6-9(12)10(14)13-8-4-3-5-8/h7-9H,3-6H2,1-2H3,(H,13,14)(H,15,16). The van der Waals surface area contributed by atoms with Crippen molar-refractivity contribution in [3.05, 3.63) is 0 Å². The lowest BCUT2D eigenvalue weighted by Crippen LogP contribution is -2.42. The molecule has 4 heteroatoms. The summed E-state index contributed by atoms with van der Waals surface area (Å²) in [4.78, 5) is 23.1. The first kappa shape index (κ1) is 11.4. The number of carboxylic acid groups (broad SMARTS) is 1. The number of nitrogens with one attached hydrogen (secondary N) is 1. The van der Waals surface area contributed by atoms with E-state index in [9.17, 15) is 14.7 Å². The molecule has 0 heterocycles. The van der Waals surface area contributed by atoms with E-state index in [-0.39, 0.29) is 17.7 Å². The highest BCUT2D eigenvalue weighted by Crippen LogP contribution is 2.58. The highest BCUT2D eigenvalue weighted by atomic mass is 16.4. The summed E-state index contributed by atoms with van der Waals surface area (Å²) in [5, 5.41) is 12.2. The lowest BCUT2D eigenvalue weighted by molar-refractivity contribution is -0.147. The summed E-state index contributed by atoms with van der Waals surface area (Å²) in [7, 11) is 0. The van der Waals surface area contributed by atoms with Gasteiger partial charge in [0, 0.05) is 6.04 Å². The second kappa shape index (κ2) is 3.75. The van der Waals surface area contributed by atoms with Crippen molar-refractivity contribution in [2.45, 2.75) is 45.6 Å². The van der Waals surface area contributed by atoms with Crippen LogP contribution in [0.15, 0.2) is 0 Å². The number of amides is 1. The Morgan fingerprint density at radius 1 is 1.38 bits per heavy atom. The summed E-state index contributed by atoms with van der Waals surface area (Å²) in [6.07, 6.45) is 3.75. The van der Waals surface area contributed by atoms with E-state index in [1.54, 1.807) is 0 Å². The lowest BCUT2D eigenvalue weighted by Gasteiger charge is -2.27. The van der Waals surface area contributed by atoms with E-state index >= 15 is 0 Å². The topological polar surface area (TPSA) is 66.4 Å². The monoisotopic (exact) mass is 225 g/mol. The molecule has 0 spiro atoms. The molecule has 0 aliphatic heterocycles. The molecule has 0 bridgehead atoms. The molecule has 2 rings (SSSR count). The van der Waals surface area contributed by atoms with Crippen molar-refractivity contribution >= 4 is 11.9 Å². The molecule has 2 N–H and O–H groups in total.